The van der Waals surface area contributed by atoms with Gasteiger partial charge >= 0.3 is 0 Å². The molecule has 32 heavy (non-hydrogen) atoms. The van der Waals surface area contributed by atoms with Gasteiger partial charge in [-0.3, -0.25) is 0 Å². The molecular formula is C22H26FN5O3S. The van der Waals surface area contributed by atoms with E-state index >= 15 is 0 Å². The number of benzene rings is 2. The molecule has 0 aliphatic heterocycles. The fraction of sp³-hybridized carbons (Fsp3) is 0.273. The number of nitrogens with zero attached hydrogens (tertiary/aromatic N) is 2. The molecule has 0 unspecified atom stereocenters. The minimum absolute atomic E-state index is 0.0137. The zero-order chi connectivity index (χ0) is 23.1. The molecule has 1 heterocycles. The Morgan fingerprint density at radius 2 is 1.75 bits per heavy atom. The zero-order valence-corrected chi connectivity index (χ0v) is 19.0. The molecule has 0 radical (unpaired) electrons. The first kappa shape index (κ1) is 23.4. The molecule has 3 N–H and O–H groups in total. The number of hydrogen-bond donors (Lipinski definition) is 3. The number of anilines is 3. The number of nitrogens with one attached hydrogen (secondary N) is 3. The van der Waals surface area contributed by atoms with Crippen molar-refractivity contribution in [3.8, 4) is 5.75 Å². The number of aromatic nitrogens is 2. The van der Waals surface area contributed by atoms with Crippen LogP contribution in [0.1, 0.15) is 18.2 Å². The molecule has 170 valence electrons. The van der Waals surface area contributed by atoms with Crippen molar-refractivity contribution in [2.45, 2.75) is 25.7 Å². The SMILES string of the molecule is CCOc1ccc(S(=O)(=O)NCCNc2nc(C)cc(Nc3ccc(C)cc3)n2)cc1F. The van der Waals surface area contributed by atoms with E-state index in [-0.39, 0.29) is 30.3 Å². The molecule has 3 rings (SSSR count). The molecule has 0 saturated carbocycles. The maximum absolute atomic E-state index is 14.0. The van der Waals surface area contributed by atoms with Gasteiger partial charge in [0.15, 0.2) is 11.6 Å². The summed E-state index contributed by atoms with van der Waals surface area (Å²) in [5, 5.41) is 6.22. The first-order valence-corrected chi connectivity index (χ1v) is 11.6. The van der Waals surface area contributed by atoms with E-state index in [1.165, 1.54) is 12.1 Å². The predicted octanol–water partition coefficient (Wildman–Crippen LogP) is 3.77. The van der Waals surface area contributed by atoms with E-state index < -0.39 is 15.8 Å². The molecule has 0 atom stereocenters. The third kappa shape index (κ3) is 6.38. The number of hydrogen-bond acceptors (Lipinski definition) is 7. The second kappa shape index (κ2) is 10.4. The maximum Gasteiger partial charge on any atom is 0.240 e. The zero-order valence-electron chi connectivity index (χ0n) is 18.1. The Morgan fingerprint density at radius 1 is 1.00 bits per heavy atom. The van der Waals surface area contributed by atoms with Crippen LogP contribution in [0.3, 0.4) is 0 Å². The van der Waals surface area contributed by atoms with Gasteiger partial charge in [0.1, 0.15) is 5.82 Å². The van der Waals surface area contributed by atoms with E-state index in [1.807, 2.05) is 44.2 Å². The molecule has 8 nitrogen and oxygen atoms in total. The summed E-state index contributed by atoms with van der Waals surface area (Å²) in [5.74, 6) is 0.273. The monoisotopic (exact) mass is 459 g/mol. The van der Waals surface area contributed by atoms with Crippen LogP contribution >= 0.6 is 0 Å². The number of rotatable bonds is 10. The van der Waals surface area contributed by atoms with Crippen LogP contribution in [0.2, 0.25) is 0 Å². The Hall–Kier alpha value is -3.24. The maximum atomic E-state index is 14.0. The number of sulfonamides is 1. The Bertz CT molecular complexity index is 1170. The summed E-state index contributed by atoms with van der Waals surface area (Å²) >= 11 is 0. The fourth-order valence-electron chi connectivity index (χ4n) is 2.86. The van der Waals surface area contributed by atoms with E-state index in [0.717, 1.165) is 23.0 Å². The lowest BCUT2D eigenvalue weighted by Crippen LogP contribution is -2.29. The van der Waals surface area contributed by atoms with E-state index in [9.17, 15) is 12.8 Å². The third-order valence-corrected chi connectivity index (χ3v) is 5.85. The van der Waals surface area contributed by atoms with E-state index in [1.54, 1.807) is 6.92 Å². The van der Waals surface area contributed by atoms with Crippen molar-refractivity contribution in [1.82, 2.24) is 14.7 Å². The molecule has 0 spiro atoms. The predicted molar refractivity (Wildman–Crippen MR) is 122 cm³/mol. The molecule has 0 aliphatic carbocycles. The van der Waals surface area contributed by atoms with Crippen LogP contribution in [0.5, 0.6) is 5.75 Å². The highest BCUT2D eigenvalue weighted by Crippen LogP contribution is 2.21. The summed E-state index contributed by atoms with van der Waals surface area (Å²) in [5.41, 5.74) is 2.81. The highest BCUT2D eigenvalue weighted by Gasteiger charge is 2.16. The Kier molecular flexibility index (Phi) is 7.60. The highest BCUT2D eigenvalue weighted by atomic mass is 32.2. The van der Waals surface area contributed by atoms with Crippen molar-refractivity contribution < 1.29 is 17.5 Å². The summed E-state index contributed by atoms with van der Waals surface area (Å²) in [6, 6.07) is 13.3. The molecular weight excluding hydrogens is 433 g/mol. The molecule has 2 aromatic carbocycles. The van der Waals surface area contributed by atoms with Gasteiger partial charge in [0.2, 0.25) is 16.0 Å². The first-order chi connectivity index (χ1) is 15.3. The fourth-order valence-corrected chi connectivity index (χ4v) is 3.90. The van der Waals surface area contributed by atoms with Gasteiger partial charge in [0.25, 0.3) is 0 Å². The molecule has 1 aromatic heterocycles. The third-order valence-electron chi connectivity index (χ3n) is 4.39. The minimum Gasteiger partial charge on any atom is -0.491 e. The van der Waals surface area contributed by atoms with E-state index in [0.29, 0.717) is 11.8 Å². The average Bonchev–Trinajstić information content (AvgIpc) is 2.74. The molecule has 0 bridgehead atoms. The van der Waals surface area contributed by atoms with Gasteiger partial charge in [-0.05, 0) is 51.1 Å². The molecule has 0 fully saturated rings. The molecule has 0 aliphatic rings. The van der Waals surface area contributed by atoms with Gasteiger partial charge in [-0.2, -0.15) is 4.98 Å². The quantitative estimate of drug-likeness (QED) is 0.397. The van der Waals surface area contributed by atoms with Crippen LogP contribution in [0.15, 0.2) is 53.4 Å². The van der Waals surface area contributed by atoms with Gasteiger partial charge < -0.3 is 15.4 Å². The Labute approximate surface area is 187 Å². The van der Waals surface area contributed by atoms with Crippen LogP contribution in [-0.2, 0) is 10.0 Å². The van der Waals surface area contributed by atoms with Crippen molar-refractivity contribution in [3.63, 3.8) is 0 Å². The largest absolute Gasteiger partial charge is 0.491 e. The van der Waals surface area contributed by atoms with Crippen molar-refractivity contribution in [2.24, 2.45) is 0 Å². The van der Waals surface area contributed by atoms with Crippen LogP contribution < -0.4 is 20.1 Å². The number of aryl methyl sites for hydroxylation is 2. The first-order valence-electron chi connectivity index (χ1n) is 10.1. The lowest BCUT2D eigenvalue weighted by Gasteiger charge is -2.11. The van der Waals surface area contributed by atoms with Gasteiger partial charge in [0, 0.05) is 30.5 Å². The van der Waals surface area contributed by atoms with Crippen molar-refractivity contribution in [2.75, 3.05) is 30.3 Å². The smallest absolute Gasteiger partial charge is 0.240 e. The van der Waals surface area contributed by atoms with Crippen LogP contribution in [0, 0.1) is 19.7 Å². The standard InChI is InChI=1S/C22H26FN5O3S/c1-4-31-20-10-9-18(14-19(20)23)32(29,30)25-12-11-24-22-26-16(3)13-21(28-22)27-17-7-5-15(2)6-8-17/h5-10,13-14,25H,4,11-12H2,1-3H3,(H2,24,26,27,28). The van der Waals surface area contributed by atoms with Crippen molar-refractivity contribution in [3.05, 3.63) is 65.6 Å². The van der Waals surface area contributed by atoms with Gasteiger partial charge in [0.05, 0.1) is 11.5 Å². The topological polar surface area (TPSA) is 105 Å². The van der Waals surface area contributed by atoms with Gasteiger partial charge in [-0.1, -0.05) is 17.7 Å². The number of ether oxygens (including phenoxy) is 1. The molecule has 10 heteroatoms. The second-order valence-electron chi connectivity index (χ2n) is 7.06. The Balaban J connectivity index is 1.57. The molecule has 0 saturated heterocycles. The summed E-state index contributed by atoms with van der Waals surface area (Å²) in [4.78, 5) is 8.55. The summed E-state index contributed by atoms with van der Waals surface area (Å²) in [6.45, 7) is 6.17. The lowest BCUT2D eigenvalue weighted by atomic mass is 10.2. The van der Waals surface area contributed by atoms with Crippen LogP contribution in [0.4, 0.5) is 21.8 Å². The van der Waals surface area contributed by atoms with E-state index in [2.05, 4.69) is 25.3 Å². The van der Waals surface area contributed by atoms with Crippen LogP contribution in [-0.4, -0.2) is 38.1 Å². The summed E-state index contributed by atoms with van der Waals surface area (Å²) in [6.07, 6.45) is 0. The van der Waals surface area contributed by atoms with E-state index in [4.69, 9.17) is 4.74 Å². The highest BCUT2D eigenvalue weighted by molar-refractivity contribution is 7.89. The Morgan fingerprint density at radius 3 is 2.44 bits per heavy atom. The van der Waals surface area contributed by atoms with Gasteiger partial charge in [-0.15, -0.1) is 0 Å². The molecule has 0 amide bonds. The lowest BCUT2D eigenvalue weighted by molar-refractivity contribution is 0.321. The van der Waals surface area contributed by atoms with Gasteiger partial charge in [-0.25, -0.2) is 22.5 Å². The number of halogens is 1. The summed E-state index contributed by atoms with van der Waals surface area (Å²) < 4.78 is 46.3. The molecule has 3 aromatic rings. The normalized spacial score (nSPS) is 11.2. The second-order valence-corrected chi connectivity index (χ2v) is 8.83. The summed E-state index contributed by atoms with van der Waals surface area (Å²) in [7, 11) is -3.87. The van der Waals surface area contributed by atoms with Crippen molar-refractivity contribution >= 4 is 27.5 Å². The van der Waals surface area contributed by atoms with Crippen molar-refractivity contribution in [1.29, 1.82) is 0 Å². The minimum atomic E-state index is -3.87. The average molecular weight is 460 g/mol. The van der Waals surface area contributed by atoms with Crippen LogP contribution in [0.25, 0.3) is 0 Å².